The van der Waals surface area contributed by atoms with E-state index < -0.39 is 5.97 Å². The molecule has 1 aromatic carbocycles. The van der Waals surface area contributed by atoms with Gasteiger partial charge in [0.15, 0.2) is 6.61 Å². The van der Waals surface area contributed by atoms with Crippen molar-refractivity contribution in [1.29, 1.82) is 0 Å². The molecule has 148 valence electrons. The molecule has 1 aliphatic carbocycles. The van der Waals surface area contributed by atoms with Crippen molar-refractivity contribution in [2.24, 2.45) is 5.92 Å². The summed E-state index contributed by atoms with van der Waals surface area (Å²) in [6, 6.07) is 8.29. The van der Waals surface area contributed by atoms with Crippen LogP contribution >= 0.6 is 0 Å². The predicted octanol–water partition coefficient (Wildman–Crippen LogP) is 2.67. The maximum absolute atomic E-state index is 12.3. The van der Waals surface area contributed by atoms with Gasteiger partial charge in [-0.3, -0.25) is 9.59 Å². The first-order chi connectivity index (χ1) is 13.3. The molecular weight excluding hydrogens is 364 g/mol. The highest BCUT2D eigenvalue weighted by Gasteiger charge is 2.29. The van der Waals surface area contributed by atoms with Crippen molar-refractivity contribution in [3.8, 4) is 5.75 Å². The van der Waals surface area contributed by atoms with E-state index >= 15 is 0 Å². The van der Waals surface area contributed by atoms with Crippen molar-refractivity contribution in [3.05, 3.63) is 47.4 Å². The molecule has 0 radical (unpaired) electrons. The summed E-state index contributed by atoms with van der Waals surface area (Å²) < 4.78 is 10.9. The Morgan fingerprint density at radius 1 is 1.29 bits per heavy atom. The number of anilines is 1. The zero-order valence-electron chi connectivity index (χ0n) is 15.7. The number of rotatable bonds is 8. The highest BCUT2D eigenvalue weighted by atomic mass is 16.5. The molecule has 3 rings (SSSR count). The molecule has 8 heteroatoms. The van der Waals surface area contributed by atoms with Crippen LogP contribution in [-0.2, 0) is 16.1 Å². The molecule has 28 heavy (non-hydrogen) atoms. The lowest BCUT2D eigenvalue weighted by atomic mass is 10.2. The van der Waals surface area contributed by atoms with Gasteiger partial charge in [0.1, 0.15) is 22.8 Å². The predicted molar refractivity (Wildman–Crippen MR) is 100 cm³/mol. The number of carbonyl (C=O) groups is 3. The van der Waals surface area contributed by atoms with Gasteiger partial charge in [0, 0.05) is 24.7 Å². The Labute approximate surface area is 162 Å². The fourth-order valence-corrected chi connectivity index (χ4v) is 2.66. The first kappa shape index (κ1) is 19.5. The van der Waals surface area contributed by atoms with Crippen LogP contribution in [-0.4, -0.2) is 41.4 Å². The van der Waals surface area contributed by atoms with Crippen LogP contribution in [0.1, 0.15) is 34.7 Å². The lowest BCUT2D eigenvalue weighted by molar-refractivity contribution is -0.132. The maximum atomic E-state index is 12.3. The second-order valence-corrected chi connectivity index (χ2v) is 6.82. The number of hydrogen-bond donors (Lipinski definition) is 2. The summed E-state index contributed by atoms with van der Waals surface area (Å²) in [5.41, 5.74) is 0.708. The highest BCUT2D eigenvalue weighted by Crippen LogP contribution is 2.30. The van der Waals surface area contributed by atoms with Gasteiger partial charge in [0.05, 0.1) is 6.54 Å². The Kier molecular flexibility index (Phi) is 5.67. The summed E-state index contributed by atoms with van der Waals surface area (Å²) in [5.74, 6) is -0.108. The summed E-state index contributed by atoms with van der Waals surface area (Å²) in [6.45, 7) is 1.50. The molecule has 0 saturated heterocycles. The zero-order chi connectivity index (χ0) is 20.3. The Morgan fingerprint density at radius 3 is 2.68 bits per heavy atom. The molecule has 8 nitrogen and oxygen atoms in total. The van der Waals surface area contributed by atoms with E-state index in [0.717, 1.165) is 12.8 Å². The van der Waals surface area contributed by atoms with Crippen molar-refractivity contribution < 1.29 is 28.6 Å². The number of hydrogen-bond acceptors (Lipinski definition) is 5. The molecule has 2 N–H and O–H groups in total. The third-order valence-electron chi connectivity index (χ3n) is 4.43. The minimum absolute atomic E-state index is 0.00225. The van der Waals surface area contributed by atoms with Gasteiger partial charge in [-0.1, -0.05) is 6.07 Å². The number of carboxylic acids is 1. The first-order valence-corrected chi connectivity index (χ1v) is 8.94. The van der Waals surface area contributed by atoms with Crippen LogP contribution in [0.4, 0.5) is 5.69 Å². The van der Waals surface area contributed by atoms with Gasteiger partial charge >= 0.3 is 5.97 Å². The number of aryl methyl sites for hydroxylation is 1. The quantitative estimate of drug-likeness (QED) is 0.722. The summed E-state index contributed by atoms with van der Waals surface area (Å²) >= 11 is 0. The van der Waals surface area contributed by atoms with Crippen LogP contribution in [0.15, 0.2) is 34.7 Å². The fourth-order valence-electron chi connectivity index (χ4n) is 2.66. The van der Waals surface area contributed by atoms with Crippen LogP contribution < -0.4 is 10.1 Å². The van der Waals surface area contributed by atoms with Gasteiger partial charge in [0.25, 0.3) is 5.91 Å². The standard InChI is InChI=1S/C20H22N2O6/c1-12-17(20(25)26)9-16(28-12)10-22(2)18(23)11-27-15-5-3-4-14(8-15)21-19(24)13-6-7-13/h3-5,8-9,13H,6-7,10-11H2,1-2H3,(H,21,24)(H,25,26). The molecule has 0 aliphatic heterocycles. The van der Waals surface area contributed by atoms with E-state index in [2.05, 4.69) is 5.32 Å². The van der Waals surface area contributed by atoms with Crippen LogP contribution in [0, 0.1) is 12.8 Å². The van der Waals surface area contributed by atoms with Crippen LogP contribution in [0.3, 0.4) is 0 Å². The van der Waals surface area contributed by atoms with Crippen LogP contribution in [0.2, 0.25) is 0 Å². The third-order valence-corrected chi connectivity index (χ3v) is 4.43. The number of amides is 2. The van der Waals surface area contributed by atoms with Crippen molar-refractivity contribution in [2.75, 3.05) is 19.0 Å². The average molecular weight is 386 g/mol. The van der Waals surface area contributed by atoms with Crippen LogP contribution in [0.25, 0.3) is 0 Å². The second-order valence-electron chi connectivity index (χ2n) is 6.82. The monoisotopic (exact) mass is 386 g/mol. The SMILES string of the molecule is Cc1oc(CN(C)C(=O)COc2cccc(NC(=O)C3CC3)c2)cc1C(=O)O. The van der Waals surface area contributed by atoms with Crippen molar-refractivity contribution in [3.63, 3.8) is 0 Å². The second kappa shape index (κ2) is 8.16. The number of nitrogens with zero attached hydrogens (tertiary/aromatic N) is 1. The summed E-state index contributed by atoms with van der Waals surface area (Å²) in [4.78, 5) is 36.6. The molecule has 1 fully saturated rings. The van der Waals surface area contributed by atoms with Gasteiger partial charge in [-0.15, -0.1) is 0 Å². The van der Waals surface area contributed by atoms with Gasteiger partial charge < -0.3 is 24.5 Å². The normalized spacial score (nSPS) is 13.1. The van der Waals surface area contributed by atoms with Gasteiger partial charge in [-0.25, -0.2) is 4.79 Å². The molecule has 1 heterocycles. The summed E-state index contributed by atoms with van der Waals surface area (Å²) in [6.07, 6.45) is 1.85. The Morgan fingerprint density at radius 2 is 2.04 bits per heavy atom. The Bertz CT molecular complexity index is 900. The van der Waals surface area contributed by atoms with Gasteiger partial charge in [-0.2, -0.15) is 0 Å². The van der Waals surface area contributed by atoms with Gasteiger partial charge in [-0.05, 0) is 38.0 Å². The van der Waals surface area contributed by atoms with E-state index in [1.807, 2.05) is 0 Å². The number of likely N-dealkylation sites (N-methyl/N-ethyl adjacent to an activating group) is 1. The largest absolute Gasteiger partial charge is 0.484 e. The molecule has 0 bridgehead atoms. The smallest absolute Gasteiger partial charge is 0.339 e. The van der Waals surface area contributed by atoms with Crippen LogP contribution in [0.5, 0.6) is 5.75 Å². The molecule has 2 aromatic rings. The molecule has 0 spiro atoms. The van der Waals surface area contributed by atoms with Crippen molar-refractivity contribution in [2.45, 2.75) is 26.3 Å². The molecule has 1 aromatic heterocycles. The van der Waals surface area contributed by atoms with E-state index in [1.54, 1.807) is 38.2 Å². The molecular formula is C20H22N2O6. The van der Waals surface area contributed by atoms with Crippen molar-refractivity contribution >= 4 is 23.5 Å². The number of carboxylic acid groups (broad SMARTS) is 1. The van der Waals surface area contributed by atoms with Crippen molar-refractivity contribution in [1.82, 2.24) is 4.90 Å². The molecule has 0 atom stereocenters. The number of aromatic carboxylic acids is 1. The zero-order valence-corrected chi connectivity index (χ0v) is 15.7. The molecule has 0 unspecified atom stereocenters. The van der Waals surface area contributed by atoms with E-state index in [0.29, 0.717) is 23.0 Å². The first-order valence-electron chi connectivity index (χ1n) is 8.94. The number of benzene rings is 1. The minimum Gasteiger partial charge on any atom is -0.484 e. The van der Waals surface area contributed by atoms with E-state index in [9.17, 15) is 14.4 Å². The summed E-state index contributed by atoms with van der Waals surface area (Å²) in [7, 11) is 1.58. The Hall–Kier alpha value is -3.29. The van der Waals surface area contributed by atoms with E-state index in [4.69, 9.17) is 14.3 Å². The topological polar surface area (TPSA) is 109 Å². The minimum atomic E-state index is -1.07. The Balaban J connectivity index is 1.52. The molecule has 1 saturated carbocycles. The lowest BCUT2D eigenvalue weighted by Gasteiger charge is -2.16. The van der Waals surface area contributed by atoms with E-state index in [1.165, 1.54) is 11.0 Å². The molecule has 1 aliphatic rings. The van der Waals surface area contributed by atoms with Gasteiger partial charge in [0.2, 0.25) is 5.91 Å². The third kappa shape index (κ3) is 4.91. The maximum Gasteiger partial charge on any atom is 0.339 e. The number of nitrogens with one attached hydrogen (secondary N) is 1. The number of carbonyl (C=O) groups excluding carboxylic acids is 2. The number of ether oxygens (including phenoxy) is 1. The van der Waals surface area contributed by atoms with E-state index in [-0.39, 0.29) is 36.4 Å². The highest BCUT2D eigenvalue weighted by molar-refractivity contribution is 5.94. The lowest BCUT2D eigenvalue weighted by Crippen LogP contribution is -2.30. The number of furan rings is 1. The average Bonchev–Trinajstić information content (AvgIpc) is 3.43. The summed E-state index contributed by atoms with van der Waals surface area (Å²) in [5, 5.41) is 11.9. The fraction of sp³-hybridized carbons (Fsp3) is 0.350. The molecule has 2 amide bonds.